The van der Waals surface area contributed by atoms with Crippen molar-refractivity contribution in [2.24, 2.45) is 11.3 Å². The van der Waals surface area contributed by atoms with Crippen LogP contribution in [-0.4, -0.2) is 5.78 Å². The number of carbonyl (C=O) groups is 1. The number of carbonyl (C=O) groups excluding carboxylic acids is 1. The van der Waals surface area contributed by atoms with Gasteiger partial charge in [-0.15, -0.1) is 0 Å². The predicted octanol–water partition coefficient (Wildman–Crippen LogP) is 3.90. The minimum Gasteiger partial charge on any atom is -0.295 e. The largest absolute Gasteiger partial charge is 0.295 e. The average molecular weight is 206 g/mol. The van der Waals surface area contributed by atoms with Gasteiger partial charge in [0.2, 0.25) is 0 Å². The van der Waals surface area contributed by atoms with Crippen molar-refractivity contribution in [2.45, 2.75) is 47.5 Å². The molecule has 1 aliphatic carbocycles. The van der Waals surface area contributed by atoms with Gasteiger partial charge in [-0.1, -0.05) is 38.5 Å². The molecule has 0 aromatic carbocycles. The van der Waals surface area contributed by atoms with Crippen molar-refractivity contribution >= 4 is 5.78 Å². The Morgan fingerprint density at radius 2 is 2.07 bits per heavy atom. The van der Waals surface area contributed by atoms with E-state index in [-0.39, 0.29) is 5.41 Å². The molecule has 84 valence electrons. The first-order chi connectivity index (χ1) is 6.91. The summed E-state index contributed by atoms with van der Waals surface area (Å²) in [7, 11) is 0. The molecule has 0 aromatic rings. The molecule has 0 radical (unpaired) electrons. The molecule has 0 heterocycles. The summed E-state index contributed by atoms with van der Waals surface area (Å²) >= 11 is 0. The third-order valence-electron chi connectivity index (χ3n) is 3.93. The maximum absolute atomic E-state index is 11.8. The maximum Gasteiger partial charge on any atom is 0.158 e. The van der Waals surface area contributed by atoms with E-state index in [1.807, 2.05) is 13.8 Å². The molecule has 0 fully saturated rings. The van der Waals surface area contributed by atoms with Crippen molar-refractivity contribution in [1.82, 2.24) is 0 Å². The molecular formula is C14H22O. The van der Waals surface area contributed by atoms with Gasteiger partial charge in [0.1, 0.15) is 0 Å². The molecular weight excluding hydrogens is 184 g/mol. The van der Waals surface area contributed by atoms with Crippen LogP contribution in [0.25, 0.3) is 0 Å². The minimum atomic E-state index is 0.164. The van der Waals surface area contributed by atoms with Gasteiger partial charge in [0.15, 0.2) is 5.78 Å². The highest BCUT2D eigenvalue weighted by atomic mass is 16.1. The molecule has 1 rings (SSSR count). The Bertz CT molecular complexity index is 318. The molecule has 0 spiro atoms. The van der Waals surface area contributed by atoms with Gasteiger partial charge >= 0.3 is 0 Å². The molecule has 1 heteroatoms. The summed E-state index contributed by atoms with van der Waals surface area (Å²) in [5.41, 5.74) is 2.48. The Balaban J connectivity index is 3.12. The summed E-state index contributed by atoms with van der Waals surface area (Å²) in [5, 5.41) is 0. The second-order valence-corrected chi connectivity index (χ2v) is 5.13. The molecule has 0 amide bonds. The average Bonchev–Trinajstić information content (AvgIpc) is 2.15. The second kappa shape index (κ2) is 4.34. The molecule has 1 atom stereocenters. The summed E-state index contributed by atoms with van der Waals surface area (Å²) in [6.07, 6.45) is 5.83. The van der Waals surface area contributed by atoms with E-state index in [1.165, 1.54) is 5.57 Å². The van der Waals surface area contributed by atoms with Crippen molar-refractivity contribution in [1.29, 1.82) is 0 Å². The lowest BCUT2D eigenvalue weighted by Crippen LogP contribution is -2.32. The van der Waals surface area contributed by atoms with E-state index < -0.39 is 0 Å². The van der Waals surface area contributed by atoms with Crippen LogP contribution in [0.5, 0.6) is 0 Å². The van der Waals surface area contributed by atoms with Gasteiger partial charge in [0, 0.05) is 6.42 Å². The van der Waals surface area contributed by atoms with E-state index in [1.54, 1.807) is 0 Å². The van der Waals surface area contributed by atoms with Crippen LogP contribution < -0.4 is 0 Å². The number of ketones is 1. The van der Waals surface area contributed by atoms with E-state index in [9.17, 15) is 4.79 Å². The van der Waals surface area contributed by atoms with Gasteiger partial charge in [-0.3, -0.25) is 4.79 Å². The van der Waals surface area contributed by atoms with E-state index in [4.69, 9.17) is 0 Å². The van der Waals surface area contributed by atoms with Gasteiger partial charge in [0.05, 0.1) is 0 Å². The van der Waals surface area contributed by atoms with Crippen LogP contribution in [0.2, 0.25) is 0 Å². The summed E-state index contributed by atoms with van der Waals surface area (Å²) in [4.78, 5) is 11.8. The van der Waals surface area contributed by atoms with Crippen molar-refractivity contribution in [3.05, 3.63) is 23.3 Å². The minimum absolute atomic E-state index is 0.164. The lowest BCUT2D eigenvalue weighted by molar-refractivity contribution is -0.118. The van der Waals surface area contributed by atoms with Crippen LogP contribution in [0, 0.1) is 11.3 Å². The topological polar surface area (TPSA) is 17.1 Å². The molecule has 1 nitrogen and oxygen atoms in total. The highest BCUT2D eigenvalue weighted by Crippen LogP contribution is 2.44. The first-order valence-electron chi connectivity index (χ1n) is 5.75. The zero-order chi connectivity index (χ0) is 11.6. The van der Waals surface area contributed by atoms with Crippen molar-refractivity contribution in [2.75, 3.05) is 0 Å². The first-order valence-corrected chi connectivity index (χ1v) is 5.75. The normalized spacial score (nSPS) is 26.5. The Morgan fingerprint density at radius 1 is 1.47 bits per heavy atom. The molecule has 1 unspecified atom stereocenters. The van der Waals surface area contributed by atoms with Crippen LogP contribution >= 0.6 is 0 Å². The van der Waals surface area contributed by atoms with Crippen LogP contribution in [0.3, 0.4) is 0 Å². The third-order valence-corrected chi connectivity index (χ3v) is 3.93. The molecule has 0 saturated heterocycles. The molecule has 0 bridgehead atoms. The molecule has 0 aliphatic heterocycles. The quantitative estimate of drug-likeness (QED) is 0.626. The Morgan fingerprint density at radius 3 is 2.60 bits per heavy atom. The van der Waals surface area contributed by atoms with Gasteiger partial charge in [-0.05, 0) is 37.2 Å². The molecule has 0 saturated carbocycles. The highest BCUT2D eigenvalue weighted by Gasteiger charge is 2.37. The fraction of sp³-hybridized carbons (Fsp3) is 0.643. The Kier molecular flexibility index (Phi) is 3.54. The van der Waals surface area contributed by atoms with E-state index in [2.05, 4.69) is 32.9 Å². The van der Waals surface area contributed by atoms with Crippen molar-refractivity contribution in [3.8, 4) is 0 Å². The zero-order valence-corrected chi connectivity index (χ0v) is 10.6. The number of allylic oxidation sites excluding steroid dienone is 4. The summed E-state index contributed by atoms with van der Waals surface area (Å²) in [6, 6.07) is 0. The Hall–Kier alpha value is -0.850. The number of hydrogen-bond donors (Lipinski definition) is 0. The number of hydrogen-bond acceptors (Lipinski definition) is 1. The molecule has 1 aliphatic rings. The van der Waals surface area contributed by atoms with Crippen LogP contribution in [-0.2, 0) is 4.79 Å². The smallest absolute Gasteiger partial charge is 0.158 e. The maximum atomic E-state index is 11.8. The van der Waals surface area contributed by atoms with Crippen LogP contribution in [0.1, 0.15) is 47.5 Å². The molecule has 0 N–H and O–H groups in total. The lowest BCUT2D eigenvalue weighted by Gasteiger charge is -2.39. The van der Waals surface area contributed by atoms with Crippen molar-refractivity contribution in [3.63, 3.8) is 0 Å². The van der Waals surface area contributed by atoms with Gasteiger partial charge in [-0.2, -0.15) is 0 Å². The summed E-state index contributed by atoms with van der Waals surface area (Å²) < 4.78 is 0. The zero-order valence-electron chi connectivity index (χ0n) is 10.6. The van der Waals surface area contributed by atoms with Gasteiger partial charge in [0.25, 0.3) is 0 Å². The third kappa shape index (κ3) is 2.22. The van der Waals surface area contributed by atoms with Gasteiger partial charge in [-0.25, -0.2) is 0 Å². The van der Waals surface area contributed by atoms with E-state index >= 15 is 0 Å². The van der Waals surface area contributed by atoms with Crippen LogP contribution in [0.4, 0.5) is 0 Å². The predicted molar refractivity (Wildman–Crippen MR) is 64.7 cm³/mol. The number of Topliss-reactive ketones (excluding diaryl/α,β-unsaturated/α-hetero) is 1. The summed E-state index contributed by atoms with van der Waals surface area (Å²) in [6.45, 7) is 10.7. The molecule has 15 heavy (non-hydrogen) atoms. The van der Waals surface area contributed by atoms with E-state index in [0.29, 0.717) is 18.1 Å². The SMILES string of the molecule is C/C=C/CC1=C(C)C(=O)CC(C)C1(C)C. The van der Waals surface area contributed by atoms with Crippen molar-refractivity contribution < 1.29 is 4.79 Å². The molecule has 0 aromatic heterocycles. The fourth-order valence-electron chi connectivity index (χ4n) is 2.29. The Labute approximate surface area is 93.3 Å². The first kappa shape index (κ1) is 12.2. The highest BCUT2D eigenvalue weighted by molar-refractivity contribution is 5.97. The van der Waals surface area contributed by atoms with Crippen LogP contribution in [0.15, 0.2) is 23.3 Å². The van der Waals surface area contributed by atoms with Gasteiger partial charge < -0.3 is 0 Å². The fourth-order valence-corrected chi connectivity index (χ4v) is 2.29. The standard InChI is InChI=1S/C14H22O/c1-6-7-8-12-11(3)13(15)9-10(2)14(12,4)5/h6-7,10H,8-9H2,1-5H3/b7-6+. The second-order valence-electron chi connectivity index (χ2n) is 5.13. The monoisotopic (exact) mass is 206 g/mol. The summed E-state index contributed by atoms with van der Waals surface area (Å²) in [5.74, 6) is 0.787. The van der Waals surface area contributed by atoms with E-state index in [0.717, 1.165) is 12.0 Å². The number of rotatable bonds is 2. The lowest BCUT2D eigenvalue weighted by atomic mass is 9.65.